The Kier molecular flexibility index (Phi) is 4.15. The quantitative estimate of drug-likeness (QED) is 0.851. The molecule has 0 saturated heterocycles. The molecule has 0 aliphatic heterocycles. The molecule has 1 saturated carbocycles. The molecule has 1 fully saturated rings. The van der Waals surface area contributed by atoms with E-state index in [9.17, 15) is 18.0 Å². The average Bonchev–Trinajstić information content (AvgIpc) is 3.11. The number of halogens is 3. The van der Waals surface area contributed by atoms with E-state index in [1.165, 1.54) is 17.9 Å². The van der Waals surface area contributed by atoms with Gasteiger partial charge in [0.2, 0.25) is 0 Å². The molecule has 1 aliphatic rings. The van der Waals surface area contributed by atoms with E-state index in [4.69, 9.17) is 4.74 Å². The molecule has 0 spiro atoms. The van der Waals surface area contributed by atoms with Gasteiger partial charge in [0, 0.05) is 12.7 Å². The third kappa shape index (κ3) is 3.30. The van der Waals surface area contributed by atoms with Crippen molar-refractivity contribution < 1.29 is 22.7 Å². The van der Waals surface area contributed by atoms with Crippen LogP contribution in [0.3, 0.4) is 0 Å². The van der Waals surface area contributed by atoms with E-state index < -0.39 is 17.6 Å². The summed E-state index contributed by atoms with van der Waals surface area (Å²) in [7, 11) is 1.39. The summed E-state index contributed by atoms with van der Waals surface area (Å²) in [5, 5.41) is 2.58. The van der Waals surface area contributed by atoms with E-state index in [0.717, 1.165) is 0 Å². The second-order valence-corrected chi connectivity index (χ2v) is 5.35. The number of aryl methyl sites for hydroxylation is 1. The van der Waals surface area contributed by atoms with E-state index in [2.05, 4.69) is 10.3 Å². The standard InChI is InChI=1S/C13H18F3N3O2/c1-9-8-19(11(18-9)21-2)10(20)17-7-3-4-12(5-6-12)13(14,15)16/h8H,3-7H2,1-2H3,(H,17,20). The highest BCUT2D eigenvalue weighted by Gasteiger charge is 2.62. The molecule has 0 atom stereocenters. The molecule has 1 amide bonds. The number of hydrogen-bond acceptors (Lipinski definition) is 3. The van der Waals surface area contributed by atoms with Crippen LogP contribution in [0.5, 0.6) is 6.01 Å². The van der Waals surface area contributed by atoms with E-state index in [1.54, 1.807) is 6.92 Å². The first kappa shape index (κ1) is 15.7. The number of nitrogens with zero attached hydrogens (tertiary/aromatic N) is 2. The molecule has 1 heterocycles. The summed E-state index contributed by atoms with van der Waals surface area (Å²) in [6, 6.07) is -0.303. The number of carbonyl (C=O) groups is 1. The molecular weight excluding hydrogens is 287 g/mol. The highest BCUT2D eigenvalue weighted by atomic mass is 19.4. The number of carbonyl (C=O) groups excluding carboxylic acids is 1. The van der Waals surface area contributed by atoms with Crippen molar-refractivity contribution in [3.63, 3.8) is 0 Å². The first-order valence-corrected chi connectivity index (χ1v) is 6.74. The number of rotatable bonds is 5. The number of amides is 1. The normalized spacial score (nSPS) is 16.6. The van der Waals surface area contributed by atoms with Crippen LogP contribution in [-0.4, -0.2) is 35.4 Å². The second-order valence-electron chi connectivity index (χ2n) is 5.35. The minimum absolute atomic E-state index is 0.0525. The van der Waals surface area contributed by atoms with Gasteiger partial charge in [-0.25, -0.2) is 14.3 Å². The highest BCUT2D eigenvalue weighted by molar-refractivity contribution is 5.78. The van der Waals surface area contributed by atoms with E-state index in [-0.39, 0.29) is 31.8 Å². The van der Waals surface area contributed by atoms with E-state index in [1.807, 2.05) is 0 Å². The molecule has 0 radical (unpaired) electrons. The van der Waals surface area contributed by atoms with Crippen molar-refractivity contribution in [2.45, 2.75) is 38.8 Å². The Morgan fingerprint density at radius 3 is 2.71 bits per heavy atom. The predicted octanol–water partition coefficient (Wildman–Crippen LogP) is 2.88. The number of nitrogens with one attached hydrogen (secondary N) is 1. The topological polar surface area (TPSA) is 56.2 Å². The zero-order chi connectivity index (χ0) is 15.7. The van der Waals surface area contributed by atoms with Gasteiger partial charge in [-0.15, -0.1) is 0 Å². The number of methoxy groups -OCH3 is 1. The van der Waals surface area contributed by atoms with Gasteiger partial charge in [0.1, 0.15) is 0 Å². The largest absolute Gasteiger partial charge is 0.468 e. The van der Waals surface area contributed by atoms with Crippen molar-refractivity contribution in [2.75, 3.05) is 13.7 Å². The maximum absolute atomic E-state index is 12.7. The van der Waals surface area contributed by atoms with Crippen LogP contribution in [0.25, 0.3) is 0 Å². The molecule has 0 bridgehead atoms. The Labute approximate surface area is 120 Å². The summed E-state index contributed by atoms with van der Waals surface area (Å²) in [5.74, 6) is 0. The fourth-order valence-corrected chi connectivity index (χ4v) is 2.30. The minimum Gasteiger partial charge on any atom is -0.468 e. The van der Waals surface area contributed by atoms with E-state index >= 15 is 0 Å². The van der Waals surface area contributed by atoms with Crippen LogP contribution in [-0.2, 0) is 0 Å². The summed E-state index contributed by atoms with van der Waals surface area (Å²) in [6.45, 7) is 1.91. The summed E-state index contributed by atoms with van der Waals surface area (Å²) >= 11 is 0. The summed E-state index contributed by atoms with van der Waals surface area (Å²) in [5.41, 5.74) is -0.892. The lowest BCUT2D eigenvalue weighted by Gasteiger charge is -2.18. The summed E-state index contributed by atoms with van der Waals surface area (Å²) in [4.78, 5) is 15.9. The summed E-state index contributed by atoms with van der Waals surface area (Å²) in [6.07, 6.45) is -1.90. The SMILES string of the molecule is COc1nc(C)cn1C(=O)NCCCC1(C(F)(F)F)CC1. The number of imidazole rings is 1. The molecule has 2 rings (SSSR count). The number of ether oxygens (including phenoxy) is 1. The van der Waals surface area contributed by atoms with Gasteiger partial charge in [-0.05, 0) is 32.6 Å². The lowest BCUT2D eigenvalue weighted by atomic mass is 10.00. The fraction of sp³-hybridized carbons (Fsp3) is 0.692. The Balaban J connectivity index is 1.80. The maximum atomic E-state index is 12.7. The Morgan fingerprint density at radius 1 is 1.52 bits per heavy atom. The van der Waals surface area contributed by atoms with Crippen LogP contribution in [0.1, 0.15) is 31.4 Å². The van der Waals surface area contributed by atoms with Gasteiger partial charge in [0.05, 0.1) is 18.2 Å². The third-order valence-corrected chi connectivity index (χ3v) is 3.76. The van der Waals surface area contributed by atoms with Crippen molar-refractivity contribution in [2.24, 2.45) is 5.41 Å². The monoisotopic (exact) mass is 305 g/mol. The molecule has 0 unspecified atom stereocenters. The molecule has 5 nitrogen and oxygen atoms in total. The highest BCUT2D eigenvalue weighted by Crippen LogP contribution is 2.60. The van der Waals surface area contributed by atoms with Crippen molar-refractivity contribution in [1.29, 1.82) is 0 Å². The van der Waals surface area contributed by atoms with Gasteiger partial charge in [-0.1, -0.05) is 0 Å². The van der Waals surface area contributed by atoms with Crippen LogP contribution in [0.4, 0.5) is 18.0 Å². The van der Waals surface area contributed by atoms with Gasteiger partial charge in [0.25, 0.3) is 0 Å². The van der Waals surface area contributed by atoms with Crippen LogP contribution in [0.2, 0.25) is 0 Å². The zero-order valence-corrected chi connectivity index (χ0v) is 12.0. The number of alkyl halides is 3. The second kappa shape index (κ2) is 5.57. The Hall–Kier alpha value is -1.73. The van der Waals surface area contributed by atoms with E-state index in [0.29, 0.717) is 12.1 Å². The average molecular weight is 305 g/mol. The van der Waals surface area contributed by atoms with Crippen molar-refractivity contribution in [3.05, 3.63) is 11.9 Å². The lowest BCUT2D eigenvalue weighted by molar-refractivity contribution is -0.189. The maximum Gasteiger partial charge on any atom is 0.394 e. The first-order chi connectivity index (χ1) is 9.79. The number of hydrogen-bond donors (Lipinski definition) is 1. The van der Waals surface area contributed by atoms with Gasteiger partial charge in [0.15, 0.2) is 0 Å². The molecular formula is C13H18F3N3O2. The molecule has 8 heteroatoms. The van der Waals surface area contributed by atoms with Gasteiger partial charge in [-0.3, -0.25) is 0 Å². The van der Waals surface area contributed by atoms with Crippen molar-refractivity contribution >= 4 is 6.03 Å². The minimum atomic E-state index is -4.14. The van der Waals surface area contributed by atoms with Crippen LogP contribution in [0.15, 0.2) is 6.20 Å². The predicted molar refractivity (Wildman–Crippen MR) is 69.3 cm³/mol. The van der Waals surface area contributed by atoms with Gasteiger partial charge >= 0.3 is 18.2 Å². The Morgan fingerprint density at radius 2 is 2.19 bits per heavy atom. The molecule has 1 aliphatic carbocycles. The van der Waals surface area contributed by atoms with Gasteiger partial charge in [-0.2, -0.15) is 13.2 Å². The summed E-state index contributed by atoms with van der Waals surface area (Å²) < 4.78 is 44.3. The molecule has 21 heavy (non-hydrogen) atoms. The molecule has 1 aromatic rings. The lowest BCUT2D eigenvalue weighted by Crippen LogP contribution is -2.31. The van der Waals surface area contributed by atoms with Gasteiger partial charge < -0.3 is 10.1 Å². The molecule has 0 aromatic carbocycles. The van der Waals surface area contributed by atoms with Crippen molar-refractivity contribution in [3.8, 4) is 6.01 Å². The third-order valence-electron chi connectivity index (χ3n) is 3.76. The smallest absolute Gasteiger partial charge is 0.394 e. The number of aromatic nitrogens is 2. The van der Waals surface area contributed by atoms with Crippen LogP contribution >= 0.6 is 0 Å². The zero-order valence-electron chi connectivity index (χ0n) is 12.0. The van der Waals surface area contributed by atoms with Crippen LogP contribution < -0.4 is 10.1 Å². The first-order valence-electron chi connectivity index (χ1n) is 6.74. The van der Waals surface area contributed by atoms with Crippen LogP contribution in [0, 0.1) is 12.3 Å². The molecule has 1 N–H and O–H groups in total. The Bertz CT molecular complexity index is 521. The molecule has 1 aromatic heterocycles. The molecule has 118 valence electrons. The van der Waals surface area contributed by atoms with Crippen molar-refractivity contribution in [1.82, 2.24) is 14.9 Å². The fourth-order valence-electron chi connectivity index (χ4n) is 2.30.